The van der Waals surface area contributed by atoms with Gasteiger partial charge in [-0.15, -0.1) is 35.3 Å². The van der Waals surface area contributed by atoms with Crippen molar-refractivity contribution in [3.63, 3.8) is 0 Å². The summed E-state index contributed by atoms with van der Waals surface area (Å²) in [6.07, 6.45) is 1.81. The molecule has 1 aliphatic heterocycles. The van der Waals surface area contributed by atoms with Crippen molar-refractivity contribution in [3.05, 3.63) is 52.2 Å². The highest BCUT2D eigenvalue weighted by Gasteiger charge is 2.21. The number of amides is 1. The molecule has 0 radical (unpaired) electrons. The van der Waals surface area contributed by atoms with Gasteiger partial charge in [0.05, 0.1) is 11.4 Å². The first kappa shape index (κ1) is 22.5. The Morgan fingerprint density at radius 1 is 1.18 bits per heavy atom. The Hall–Kier alpha value is -1.81. The number of nitrogens with zero attached hydrogens (tertiary/aromatic N) is 1. The van der Waals surface area contributed by atoms with Crippen LogP contribution < -0.4 is 20.7 Å². The first-order valence-electron chi connectivity index (χ1n) is 9.34. The van der Waals surface area contributed by atoms with Gasteiger partial charge < -0.3 is 20.7 Å². The molecule has 1 aromatic carbocycles. The van der Waals surface area contributed by atoms with Gasteiger partial charge in [-0.05, 0) is 36.4 Å². The summed E-state index contributed by atoms with van der Waals surface area (Å²) in [6.45, 7) is 4.82. The normalized spacial score (nSPS) is 15.2. The highest BCUT2D eigenvalue weighted by Crippen LogP contribution is 2.28. The Morgan fingerprint density at radius 2 is 2.00 bits per heavy atom. The summed E-state index contributed by atoms with van der Waals surface area (Å²) in [5.74, 6) is 1.74. The van der Waals surface area contributed by atoms with Crippen LogP contribution in [0.15, 0.2) is 46.8 Å². The van der Waals surface area contributed by atoms with Gasteiger partial charge in [-0.1, -0.05) is 24.3 Å². The van der Waals surface area contributed by atoms with Crippen molar-refractivity contribution in [1.82, 2.24) is 16.0 Å². The van der Waals surface area contributed by atoms with Crippen molar-refractivity contribution in [1.29, 1.82) is 0 Å². The maximum absolute atomic E-state index is 11.9. The molecule has 0 spiro atoms. The molecule has 3 N–H and O–H groups in total. The molecule has 1 aliphatic rings. The monoisotopic (exact) mass is 514 g/mol. The van der Waals surface area contributed by atoms with Gasteiger partial charge >= 0.3 is 0 Å². The van der Waals surface area contributed by atoms with E-state index >= 15 is 0 Å². The van der Waals surface area contributed by atoms with E-state index in [1.807, 2.05) is 42.6 Å². The molecule has 1 amide bonds. The Bertz CT molecular complexity index is 742. The van der Waals surface area contributed by atoms with E-state index in [2.05, 4.69) is 27.0 Å². The van der Waals surface area contributed by atoms with Crippen molar-refractivity contribution < 1.29 is 9.53 Å². The van der Waals surface area contributed by atoms with Crippen molar-refractivity contribution in [2.45, 2.75) is 25.9 Å². The lowest BCUT2D eigenvalue weighted by molar-refractivity contribution is 0.0957. The molecular formula is C20H27IN4O2S. The maximum Gasteiger partial charge on any atom is 0.261 e. The number of carbonyl (C=O) groups is 1. The average Bonchev–Trinajstić information content (AvgIpc) is 3.34. The molecule has 2 aromatic rings. The number of hydrogen-bond donors (Lipinski definition) is 3. The molecule has 1 atom stereocenters. The van der Waals surface area contributed by atoms with Crippen LogP contribution in [-0.4, -0.2) is 44.1 Å². The number of halogens is 1. The maximum atomic E-state index is 11.9. The summed E-state index contributed by atoms with van der Waals surface area (Å²) in [5, 5.41) is 11.4. The molecule has 0 saturated carbocycles. The molecule has 0 aliphatic carbocycles. The van der Waals surface area contributed by atoms with Crippen LogP contribution in [0, 0.1) is 0 Å². The van der Waals surface area contributed by atoms with Gasteiger partial charge in [0.1, 0.15) is 11.9 Å². The highest BCUT2D eigenvalue weighted by atomic mass is 127. The van der Waals surface area contributed by atoms with Crippen LogP contribution in [0.1, 0.15) is 28.6 Å². The summed E-state index contributed by atoms with van der Waals surface area (Å²) in [5.41, 5.74) is 1.25. The molecule has 28 heavy (non-hydrogen) atoms. The highest BCUT2D eigenvalue weighted by molar-refractivity contribution is 14.0. The molecule has 6 nitrogen and oxygen atoms in total. The number of rotatable bonds is 8. The Kier molecular flexibility index (Phi) is 9.56. The van der Waals surface area contributed by atoms with Gasteiger partial charge in [-0.2, -0.15) is 0 Å². The van der Waals surface area contributed by atoms with Crippen LogP contribution in [0.25, 0.3) is 0 Å². The van der Waals surface area contributed by atoms with E-state index < -0.39 is 0 Å². The fourth-order valence-corrected chi connectivity index (χ4v) is 3.52. The molecule has 0 fully saturated rings. The van der Waals surface area contributed by atoms with Gasteiger partial charge in [-0.25, -0.2) is 4.99 Å². The number of guanidine groups is 1. The smallest absolute Gasteiger partial charge is 0.261 e. The third-order valence-electron chi connectivity index (χ3n) is 4.19. The van der Waals surface area contributed by atoms with Crippen molar-refractivity contribution in [2.75, 3.05) is 26.2 Å². The standard InChI is InChI=1S/C20H26N4O2S.HI/c1-2-21-20(23-11-6-10-22-19(25)18-9-5-12-27-18)24-14-16-13-15-7-3-4-8-17(15)26-16;/h3-5,7-9,12,16H,2,6,10-11,13-14H2,1H3,(H,22,25)(H2,21,23,24);1H. The molecule has 1 aromatic heterocycles. The lowest BCUT2D eigenvalue weighted by atomic mass is 10.1. The van der Waals surface area contributed by atoms with E-state index in [1.54, 1.807) is 0 Å². The van der Waals surface area contributed by atoms with E-state index in [9.17, 15) is 4.79 Å². The van der Waals surface area contributed by atoms with Crippen LogP contribution in [0.2, 0.25) is 0 Å². The van der Waals surface area contributed by atoms with Gasteiger partial charge in [0.25, 0.3) is 5.91 Å². The fraction of sp³-hybridized carbons (Fsp3) is 0.400. The quantitative estimate of drug-likeness (QED) is 0.219. The molecule has 3 rings (SSSR count). The molecule has 1 unspecified atom stereocenters. The summed E-state index contributed by atoms with van der Waals surface area (Å²) in [4.78, 5) is 17.3. The van der Waals surface area contributed by atoms with Crippen molar-refractivity contribution in [2.24, 2.45) is 4.99 Å². The number of thiophene rings is 1. The number of fused-ring (bicyclic) bond motifs is 1. The van der Waals surface area contributed by atoms with Gasteiger partial charge in [0.2, 0.25) is 0 Å². The Morgan fingerprint density at radius 3 is 2.75 bits per heavy atom. The number of nitrogens with one attached hydrogen (secondary N) is 3. The van der Waals surface area contributed by atoms with Crippen molar-refractivity contribution in [3.8, 4) is 5.75 Å². The molecular weight excluding hydrogens is 487 g/mol. The minimum atomic E-state index is -0.0106. The third kappa shape index (κ3) is 6.66. The number of carbonyl (C=O) groups excluding carboxylic acids is 1. The van der Waals surface area contributed by atoms with Crippen LogP contribution in [-0.2, 0) is 6.42 Å². The number of benzene rings is 1. The minimum Gasteiger partial charge on any atom is -0.488 e. The second kappa shape index (κ2) is 11.9. The molecule has 0 bridgehead atoms. The number of hydrogen-bond acceptors (Lipinski definition) is 4. The van der Waals surface area contributed by atoms with Gasteiger partial charge in [-0.3, -0.25) is 4.79 Å². The molecule has 152 valence electrons. The average molecular weight is 514 g/mol. The lowest BCUT2D eigenvalue weighted by Crippen LogP contribution is -2.39. The van der Waals surface area contributed by atoms with Crippen LogP contribution >= 0.6 is 35.3 Å². The van der Waals surface area contributed by atoms with E-state index in [1.165, 1.54) is 16.9 Å². The zero-order chi connectivity index (χ0) is 18.9. The summed E-state index contributed by atoms with van der Waals surface area (Å²) < 4.78 is 5.93. The second-order valence-electron chi connectivity index (χ2n) is 6.28. The zero-order valence-electron chi connectivity index (χ0n) is 15.9. The molecule has 0 saturated heterocycles. The lowest BCUT2D eigenvalue weighted by Gasteiger charge is -2.13. The first-order valence-corrected chi connectivity index (χ1v) is 10.2. The fourth-order valence-electron chi connectivity index (χ4n) is 2.88. The van der Waals surface area contributed by atoms with E-state index in [0.717, 1.165) is 42.5 Å². The summed E-state index contributed by atoms with van der Waals surface area (Å²) in [6, 6.07) is 11.9. The predicted molar refractivity (Wildman–Crippen MR) is 125 cm³/mol. The Balaban J connectivity index is 0.00000280. The number of aliphatic imine (C=N–C) groups is 1. The largest absolute Gasteiger partial charge is 0.488 e. The third-order valence-corrected chi connectivity index (χ3v) is 5.06. The summed E-state index contributed by atoms with van der Waals surface area (Å²) in [7, 11) is 0. The zero-order valence-corrected chi connectivity index (χ0v) is 19.1. The SMILES string of the molecule is CCNC(=NCC1Cc2ccccc2O1)NCCCNC(=O)c1cccs1.I. The van der Waals surface area contributed by atoms with E-state index in [4.69, 9.17) is 4.74 Å². The van der Waals surface area contributed by atoms with Crippen LogP contribution in [0.4, 0.5) is 0 Å². The van der Waals surface area contributed by atoms with E-state index in [0.29, 0.717) is 13.1 Å². The topological polar surface area (TPSA) is 74.8 Å². The van der Waals surface area contributed by atoms with Gasteiger partial charge in [0.15, 0.2) is 5.96 Å². The van der Waals surface area contributed by atoms with Crippen molar-refractivity contribution >= 4 is 47.2 Å². The van der Waals surface area contributed by atoms with E-state index in [-0.39, 0.29) is 36.0 Å². The first-order chi connectivity index (χ1) is 13.3. The molecule has 8 heteroatoms. The molecule has 2 heterocycles. The minimum absolute atomic E-state index is 0. The number of para-hydroxylation sites is 1. The second-order valence-corrected chi connectivity index (χ2v) is 7.23. The number of ether oxygens (including phenoxy) is 1. The predicted octanol–water partition coefficient (Wildman–Crippen LogP) is 3.04. The van der Waals surface area contributed by atoms with Gasteiger partial charge in [0, 0.05) is 26.1 Å². The Labute approximate surface area is 187 Å². The summed E-state index contributed by atoms with van der Waals surface area (Å²) >= 11 is 1.45. The van der Waals surface area contributed by atoms with Crippen LogP contribution in [0.3, 0.4) is 0 Å². The van der Waals surface area contributed by atoms with Crippen LogP contribution in [0.5, 0.6) is 5.75 Å².